The highest BCUT2D eigenvalue weighted by Gasteiger charge is 2.25. The first-order valence-electron chi connectivity index (χ1n) is 2.68. The zero-order valence-corrected chi connectivity index (χ0v) is 6.08. The summed E-state index contributed by atoms with van der Waals surface area (Å²) < 4.78 is 10.3. The second-order valence-corrected chi connectivity index (χ2v) is 3.74. The molecule has 0 spiro atoms. The Morgan fingerprint density at radius 2 is 2.00 bits per heavy atom. The fraction of sp³-hybridized carbons (Fsp3) is 1.00. The Hall–Kier alpha value is 0.110. The summed E-state index contributed by atoms with van der Waals surface area (Å²) >= 11 is 0. The van der Waals surface area contributed by atoms with E-state index in [0.29, 0.717) is 6.42 Å². The smallest absolute Gasteiger partial charge is 0.330 e. The highest BCUT2D eigenvalue weighted by Crippen LogP contribution is 2.42. The van der Waals surface area contributed by atoms with Gasteiger partial charge in [-0.1, -0.05) is 6.92 Å². The highest BCUT2D eigenvalue weighted by atomic mass is 31.2. The molecule has 9 heavy (non-hydrogen) atoms. The molecule has 0 aromatic rings. The number of hydrogen-bond donors (Lipinski definition) is 3. The maximum absolute atomic E-state index is 10.3. The molecular weight excluding hydrogens is 143 g/mol. The van der Waals surface area contributed by atoms with Crippen LogP contribution < -0.4 is 0 Å². The van der Waals surface area contributed by atoms with Crippen molar-refractivity contribution in [3.63, 3.8) is 0 Å². The first-order valence-corrected chi connectivity index (χ1v) is 4.36. The molecule has 0 aliphatic carbocycles. The van der Waals surface area contributed by atoms with E-state index in [4.69, 9.17) is 14.9 Å². The molecule has 0 bridgehead atoms. The van der Waals surface area contributed by atoms with E-state index in [9.17, 15) is 4.57 Å². The summed E-state index contributed by atoms with van der Waals surface area (Å²) in [7, 11) is -4.03. The van der Waals surface area contributed by atoms with Gasteiger partial charge in [-0.15, -0.1) is 0 Å². The van der Waals surface area contributed by atoms with Crippen LogP contribution in [0.1, 0.15) is 13.3 Å². The van der Waals surface area contributed by atoms with Crippen molar-refractivity contribution in [3.05, 3.63) is 0 Å². The Labute approximate surface area is 53.7 Å². The van der Waals surface area contributed by atoms with Gasteiger partial charge in [0.25, 0.3) is 0 Å². The summed E-state index contributed by atoms with van der Waals surface area (Å²) in [6.45, 7) is 1.18. The average molecular weight is 154 g/mol. The molecule has 0 amide bonds. The van der Waals surface area contributed by atoms with Crippen molar-refractivity contribution in [2.45, 2.75) is 19.0 Å². The number of aliphatic hydroxyl groups excluding tert-OH is 1. The fourth-order valence-electron chi connectivity index (χ4n) is 0.473. The summed E-state index contributed by atoms with van der Waals surface area (Å²) in [5, 5.41) is 8.37. The number of aliphatic hydroxyl groups is 1. The van der Waals surface area contributed by atoms with Crippen molar-refractivity contribution in [2.24, 2.45) is 0 Å². The predicted octanol–water partition coefficient (Wildman–Crippen LogP) is -0.0650. The van der Waals surface area contributed by atoms with Crippen LogP contribution >= 0.6 is 7.60 Å². The molecule has 0 aliphatic rings. The molecule has 0 radical (unpaired) electrons. The van der Waals surface area contributed by atoms with Gasteiger partial charge in [-0.3, -0.25) is 4.57 Å². The quantitative estimate of drug-likeness (QED) is 0.497. The van der Waals surface area contributed by atoms with E-state index in [2.05, 4.69) is 0 Å². The molecule has 0 aromatic carbocycles. The molecule has 56 valence electrons. The first-order chi connectivity index (χ1) is 4.02. The second-order valence-electron chi connectivity index (χ2n) is 1.83. The minimum atomic E-state index is -4.03. The molecule has 0 heterocycles. The van der Waals surface area contributed by atoms with Crippen molar-refractivity contribution in [2.75, 3.05) is 6.61 Å². The molecule has 0 fully saturated rings. The number of rotatable bonds is 3. The zero-order chi connectivity index (χ0) is 7.49. The van der Waals surface area contributed by atoms with E-state index >= 15 is 0 Å². The van der Waals surface area contributed by atoms with Crippen LogP contribution in [0, 0.1) is 0 Å². The fourth-order valence-corrected chi connectivity index (χ4v) is 1.16. The Balaban J connectivity index is 3.96. The SMILES string of the molecule is CCC(CO)P(=O)(O)O. The zero-order valence-electron chi connectivity index (χ0n) is 5.19. The van der Waals surface area contributed by atoms with Gasteiger partial charge in [0.05, 0.1) is 12.3 Å². The first kappa shape index (κ1) is 9.11. The van der Waals surface area contributed by atoms with Gasteiger partial charge in [0.15, 0.2) is 0 Å². The van der Waals surface area contributed by atoms with E-state index in [-0.39, 0.29) is 0 Å². The lowest BCUT2D eigenvalue weighted by molar-refractivity contribution is 0.262. The minimum absolute atomic E-state index is 0.306. The van der Waals surface area contributed by atoms with Crippen LogP contribution in [0.3, 0.4) is 0 Å². The molecule has 0 saturated heterocycles. The Bertz CT molecular complexity index is 114. The molecule has 0 aliphatic heterocycles. The molecule has 5 heteroatoms. The van der Waals surface area contributed by atoms with Crippen molar-refractivity contribution in [3.8, 4) is 0 Å². The standard InChI is InChI=1S/C4H11O4P/c1-2-4(3-5)9(6,7)8/h4-5H,2-3H2,1H3,(H2,6,7,8). The van der Waals surface area contributed by atoms with Crippen LogP contribution in [-0.4, -0.2) is 27.2 Å². The lowest BCUT2D eigenvalue weighted by Crippen LogP contribution is -2.11. The van der Waals surface area contributed by atoms with E-state index in [1.165, 1.54) is 0 Å². The van der Waals surface area contributed by atoms with Gasteiger partial charge in [0.1, 0.15) is 0 Å². The molecule has 0 rings (SSSR count). The topological polar surface area (TPSA) is 77.8 Å². The Morgan fingerprint density at radius 3 is 2.00 bits per heavy atom. The van der Waals surface area contributed by atoms with Crippen molar-refractivity contribution >= 4 is 7.60 Å². The molecule has 0 saturated carbocycles. The molecule has 1 atom stereocenters. The van der Waals surface area contributed by atoms with Gasteiger partial charge >= 0.3 is 7.60 Å². The van der Waals surface area contributed by atoms with Crippen LogP contribution in [0.2, 0.25) is 0 Å². The maximum Gasteiger partial charge on any atom is 0.330 e. The molecule has 0 aromatic heterocycles. The van der Waals surface area contributed by atoms with E-state index < -0.39 is 19.9 Å². The molecule has 3 N–H and O–H groups in total. The maximum atomic E-state index is 10.3. The van der Waals surface area contributed by atoms with Gasteiger partial charge in [0, 0.05) is 0 Å². The summed E-state index contributed by atoms with van der Waals surface area (Å²) in [6, 6.07) is 0. The van der Waals surface area contributed by atoms with Crippen LogP contribution in [0.25, 0.3) is 0 Å². The summed E-state index contributed by atoms with van der Waals surface area (Å²) in [4.78, 5) is 16.9. The van der Waals surface area contributed by atoms with Crippen LogP contribution in [0.5, 0.6) is 0 Å². The van der Waals surface area contributed by atoms with Crippen LogP contribution in [0.15, 0.2) is 0 Å². The van der Waals surface area contributed by atoms with Crippen molar-refractivity contribution < 1.29 is 19.5 Å². The third-order valence-corrected chi connectivity index (χ3v) is 2.64. The third kappa shape index (κ3) is 2.96. The van der Waals surface area contributed by atoms with Gasteiger partial charge in [-0.05, 0) is 6.42 Å². The van der Waals surface area contributed by atoms with E-state index in [1.54, 1.807) is 6.92 Å². The highest BCUT2D eigenvalue weighted by molar-refractivity contribution is 7.52. The van der Waals surface area contributed by atoms with Gasteiger partial charge in [0.2, 0.25) is 0 Å². The van der Waals surface area contributed by atoms with Gasteiger partial charge in [-0.2, -0.15) is 0 Å². The normalized spacial score (nSPS) is 15.6. The van der Waals surface area contributed by atoms with Crippen molar-refractivity contribution in [1.29, 1.82) is 0 Å². The summed E-state index contributed by atoms with van der Waals surface area (Å²) in [5.41, 5.74) is -0.877. The predicted molar refractivity (Wildman–Crippen MR) is 33.2 cm³/mol. The van der Waals surface area contributed by atoms with Gasteiger partial charge in [-0.25, -0.2) is 0 Å². The van der Waals surface area contributed by atoms with E-state index in [0.717, 1.165) is 0 Å². The van der Waals surface area contributed by atoms with Crippen LogP contribution in [-0.2, 0) is 4.57 Å². The largest absolute Gasteiger partial charge is 0.395 e. The molecular formula is C4H11O4P. The monoisotopic (exact) mass is 154 g/mol. The van der Waals surface area contributed by atoms with Gasteiger partial charge < -0.3 is 14.9 Å². The molecule has 4 nitrogen and oxygen atoms in total. The van der Waals surface area contributed by atoms with Crippen LogP contribution in [0.4, 0.5) is 0 Å². The van der Waals surface area contributed by atoms with E-state index in [1.807, 2.05) is 0 Å². The lowest BCUT2D eigenvalue weighted by atomic mass is 10.3. The summed E-state index contributed by atoms with van der Waals surface area (Å²) in [6.07, 6.45) is 0.306. The Morgan fingerprint density at radius 1 is 1.56 bits per heavy atom. The molecule has 1 unspecified atom stereocenters. The average Bonchev–Trinajstić information content (AvgIpc) is 1.65. The second kappa shape index (κ2) is 3.32. The van der Waals surface area contributed by atoms with Crippen molar-refractivity contribution in [1.82, 2.24) is 0 Å². The Kier molecular flexibility index (Phi) is 3.36. The number of hydrogen-bond acceptors (Lipinski definition) is 2. The lowest BCUT2D eigenvalue weighted by Gasteiger charge is -2.11. The summed E-state index contributed by atoms with van der Waals surface area (Å²) in [5.74, 6) is 0. The third-order valence-electron chi connectivity index (χ3n) is 1.16. The minimum Gasteiger partial charge on any atom is -0.395 e.